The van der Waals surface area contributed by atoms with E-state index in [1.54, 1.807) is 18.2 Å². The fraction of sp³-hybridized carbons (Fsp3) is 0. The number of azo groups is 1. The molecule has 0 amide bonds. The molecule has 0 spiro atoms. The van der Waals surface area contributed by atoms with Crippen molar-refractivity contribution in [2.75, 3.05) is 0 Å². The second kappa shape index (κ2) is 10.5. The Balaban J connectivity index is 0.00000193. The molecule has 13 heteroatoms. The molecule has 9 nitrogen and oxygen atoms in total. The van der Waals surface area contributed by atoms with E-state index in [9.17, 15) is 31.0 Å². The summed E-state index contributed by atoms with van der Waals surface area (Å²) in [5, 5.41) is 18.6. The summed E-state index contributed by atoms with van der Waals surface area (Å²) in [4.78, 5) is -1.08. The third-order valence-corrected chi connectivity index (χ3v) is 6.42. The van der Waals surface area contributed by atoms with Gasteiger partial charge in [0.2, 0.25) is 0 Å². The van der Waals surface area contributed by atoms with Crippen molar-refractivity contribution in [3.8, 4) is 5.75 Å². The summed E-state index contributed by atoms with van der Waals surface area (Å²) in [6.07, 6.45) is 0. The molecule has 4 aromatic carbocycles. The molecule has 0 saturated carbocycles. The molecule has 0 aliphatic rings. The summed E-state index contributed by atoms with van der Waals surface area (Å²) >= 11 is 0. The van der Waals surface area contributed by atoms with Gasteiger partial charge in [0.1, 0.15) is 31.7 Å². The molecule has 0 fully saturated rings. The summed E-state index contributed by atoms with van der Waals surface area (Å²) in [6, 6.07) is 15.3. The van der Waals surface area contributed by atoms with Gasteiger partial charge in [-0.25, -0.2) is 16.8 Å². The van der Waals surface area contributed by atoms with Crippen LogP contribution in [0.2, 0.25) is 0 Å². The van der Waals surface area contributed by atoms with Gasteiger partial charge in [-0.15, -0.1) is 10.2 Å². The van der Waals surface area contributed by atoms with Gasteiger partial charge in [0.05, 0.1) is 15.5 Å². The van der Waals surface area contributed by atoms with Crippen LogP contribution >= 0.6 is 0 Å². The van der Waals surface area contributed by atoms with Crippen molar-refractivity contribution in [3.63, 3.8) is 0 Å². The van der Waals surface area contributed by atoms with Gasteiger partial charge in [0.15, 0.2) is 0 Å². The average Bonchev–Trinajstić information content (AvgIpc) is 2.70. The Kier molecular flexibility index (Phi) is 8.85. The smallest absolute Gasteiger partial charge is 0.744 e. The van der Waals surface area contributed by atoms with Crippen molar-refractivity contribution in [2.24, 2.45) is 10.2 Å². The van der Waals surface area contributed by atoms with Crippen molar-refractivity contribution in [1.82, 2.24) is 0 Å². The number of nitrogens with zero attached hydrogens (tertiary/aromatic N) is 2. The maximum Gasteiger partial charge on any atom is 1.00 e. The first-order valence-corrected chi connectivity index (χ1v) is 11.5. The molecule has 0 saturated heterocycles. The quantitative estimate of drug-likeness (QED) is 0.191. The van der Waals surface area contributed by atoms with Crippen LogP contribution in [0.1, 0.15) is 0 Å². The molecule has 0 radical (unpaired) electrons. The molecule has 0 aliphatic heterocycles. The minimum absolute atomic E-state index is 0. The maximum absolute atomic E-state index is 11.9. The monoisotopic (exact) mass is 502 g/mol. The number of phenolic OH excluding ortho intramolecular Hbond substituents is 1. The Labute approximate surface area is 233 Å². The van der Waals surface area contributed by atoms with Crippen LogP contribution in [0.4, 0.5) is 11.4 Å². The van der Waals surface area contributed by atoms with Gasteiger partial charge in [-0.1, -0.05) is 48.5 Å². The molecule has 158 valence electrons. The van der Waals surface area contributed by atoms with Gasteiger partial charge >= 0.3 is 59.1 Å². The SMILES string of the molecule is O=S(=O)([O-])c1ccc(N=Nc2cc(O)c3ccccc3c2S(=O)(=O)[O-])c2ccccc12.[Na+].[Na+]. The third-order valence-electron chi connectivity index (χ3n) is 4.60. The Bertz CT molecular complexity index is 1610. The third kappa shape index (κ3) is 5.65. The number of hydrogen-bond acceptors (Lipinski definition) is 9. The number of phenols is 1. The van der Waals surface area contributed by atoms with Crippen molar-refractivity contribution in [3.05, 3.63) is 66.7 Å². The fourth-order valence-electron chi connectivity index (χ4n) is 3.32. The molecular weight excluding hydrogens is 490 g/mol. The number of rotatable bonds is 4. The zero-order chi connectivity index (χ0) is 22.4. The molecule has 4 aromatic rings. The number of hydrogen-bond donors (Lipinski definition) is 1. The molecule has 0 aliphatic carbocycles. The zero-order valence-corrected chi connectivity index (χ0v) is 23.1. The van der Waals surface area contributed by atoms with Crippen LogP contribution in [-0.4, -0.2) is 31.0 Å². The molecule has 0 aromatic heterocycles. The van der Waals surface area contributed by atoms with Crippen LogP contribution in [0.15, 0.2) is 86.7 Å². The van der Waals surface area contributed by atoms with Gasteiger partial charge in [-0.2, -0.15) is 0 Å². The zero-order valence-electron chi connectivity index (χ0n) is 17.5. The summed E-state index contributed by atoms with van der Waals surface area (Å²) in [6.45, 7) is 0. The minimum atomic E-state index is -4.99. The van der Waals surface area contributed by atoms with Gasteiger partial charge in [0, 0.05) is 27.6 Å². The first kappa shape index (κ1) is 27.9. The minimum Gasteiger partial charge on any atom is -0.744 e. The van der Waals surface area contributed by atoms with Gasteiger partial charge in [-0.05, 0) is 12.1 Å². The van der Waals surface area contributed by atoms with Crippen LogP contribution < -0.4 is 59.1 Å². The van der Waals surface area contributed by atoms with Crippen molar-refractivity contribution >= 4 is 53.2 Å². The summed E-state index contributed by atoms with van der Waals surface area (Å²) < 4.78 is 70.3. The van der Waals surface area contributed by atoms with E-state index < -0.39 is 30.0 Å². The molecule has 0 bridgehead atoms. The van der Waals surface area contributed by atoms with Crippen molar-refractivity contribution in [2.45, 2.75) is 9.79 Å². The van der Waals surface area contributed by atoms with E-state index in [0.717, 1.165) is 12.1 Å². The number of aromatic hydroxyl groups is 1. The predicted octanol–water partition coefficient (Wildman–Crippen LogP) is -2.07. The maximum atomic E-state index is 11.9. The fourth-order valence-corrected chi connectivity index (χ4v) is 4.81. The number of fused-ring (bicyclic) bond motifs is 2. The standard InChI is InChI=1S/C20H14N2O7S2.2Na/c23-18-11-17(20(31(27,28)29)15-8-4-2-6-13(15)18)22-21-16-9-10-19(30(24,25)26)14-7-3-1-5-12(14)16;;/h1-11,23H,(H,24,25,26)(H,27,28,29);;/q;2*+1/p-2. The molecular formula is C20H12N2Na2O7S2. The number of benzene rings is 4. The summed E-state index contributed by atoms with van der Waals surface area (Å²) in [5.41, 5.74) is -0.249. The van der Waals surface area contributed by atoms with Crippen LogP contribution in [0.5, 0.6) is 5.75 Å². The second-order valence-corrected chi connectivity index (χ2v) is 9.19. The average molecular weight is 502 g/mol. The second-order valence-electron chi connectivity index (χ2n) is 6.53. The Morgan fingerprint density at radius 1 is 0.636 bits per heavy atom. The van der Waals surface area contributed by atoms with Crippen LogP contribution in [0.3, 0.4) is 0 Å². The largest absolute Gasteiger partial charge is 1.00 e. The Hall–Kier alpha value is -1.38. The van der Waals surface area contributed by atoms with E-state index in [1.165, 1.54) is 36.4 Å². The first-order valence-electron chi connectivity index (χ1n) is 8.67. The predicted molar refractivity (Wildman–Crippen MR) is 110 cm³/mol. The Morgan fingerprint density at radius 2 is 1.15 bits per heavy atom. The topological polar surface area (TPSA) is 159 Å². The van der Waals surface area contributed by atoms with E-state index in [0.29, 0.717) is 0 Å². The van der Waals surface area contributed by atoms with Gasteiger partial charge in [-0.3, -0.25) is 0 Å². The van der Waals surface area contributed by atoms with Gasteiger partial charge in [0.25, 0.3) is 0 Å². The molecule has 1 N–H and O–H groups in total. The molecule has 0 atom stereocenters. The van der Waals surface area contributed by atoms with E-state index in [2.05, 4.69) is 10.2 Å². The molecule has 0 unspecified atom stereocenters. The van der Waals surface area contributed by atoms with Crippen LogP contribution in [-0.2, 0) is 20.2 Å². The Morgan fingerprint density at radius 3 is 1.73 bits per heavy atom. The summed E-state index contributed by atoms with van der Waals surface area (Å²) in [5.74, 6) is -0.297. The van der Waals surface area contributed by atoms with Gasteiger partial charge < -0.3 is 14.2 Å². The van der Waals surface area contributed by atoms with Crippen LogP contribution in [0.25, 0.3) is 21.5 Å². The molecule has 33 heavy (non-hydrogen) atoms. The molecule has 0 heterocycles. The first-order chi connectivity index (χ1) is 14.6. The van der Waals surface area contributed by atoms with Crippen molar-refractivity contribution in [1.29, 1.82) is 0 Å². The van der Waals surface area contributed by atoms with E-state index in [-0.39, 0.29) is 97.8 Å². The van der Waals surface area contributed by atoms with E-state index in [1.807, 2.05) is 0 Å². The van der Waals surface area contributed by atoms with Crippen molar-refractivity contribution < 1.29 is 90.2 Å². The van der Waals surface area contributed by atoms with E-state index >= 15 is 0 Å². The normalized spacial score (nSPS) is 11.9. The van der Waals surface area contributed by atoms with E-state index in [4.69, 9.17) is 0 Å². The molecule has 4 rings (SSSR count). The summed E-state index contributed by atoms with van der Waals surface area (Å²) in [7, 11) is -9.73. The van der Waals surface area contributed by atoms with Crippen LogP contribution in [0, 0.1) is 0 Å².